The highest BCUT2D eigenvalue weighted by atomic mass is 19.3. The quantitative estimate of drug-likeness (QED) is 0.657. The molecule has 0 aromatic heterocycles. The Labute approximate surface area is 85.2 Å². The van der Waals surface area contributed by atoms with Crippen molar-refractivity contribution < 1.29 is 13.5 Å². The van der Waals surface area contributed by atoms with Gasteiger partial charge < -0.3 is 4.74 Å². The van der Waals surface area contributed by atoms with Gasteiger partial charge in [-0.25, -0.2) is 8.78 Å². The molecule has 1 rings (SSSR count). The summed E-state index contributed by atoms with van der Waals surface area (Å²) in [5, 5.41) is 0. The smallest absolute Gasteiger partial charge is 0.264 e. The lowest BCUT2D eigenvalue weighted by Crippen LogP contribution is -2.33. The Kier molecular flexibility index (Phi) is 5.52. The summed E-state index contributed by atoms with van der Waals surface area (Å²) >= 11 is 0. The lowest BCUT2D eigenvalue weighted by molar-refractivity contribution is -0.0219. The van der Waals surface area contributed by atoms with Gasteiger partial charge in [-0.2, -0.15) is 0 Å². The van der Waals surface area contributed by atoms with E-state index in [1.165, 1.54) is 0 Å². The van der Waals surface area contributed by atoms with Crippen LogP contribution in [0.4, 0.5) is 8.78 Å². The Bertz CT molecular complexity index is 162. The molecule has 0 aromatic carbocycles. The molecule has 86 valence electrons. The Morgan fingerprint density at radius 1 is 1.43 bits per heavy atom. The van der Waals surface area contributed by atoms with Crippen molar-refractivity contribution in [2.24, 2.45) is 0 Å². The molecule has 1 heterocycles. The third-order valence-corrected chi connectivity index (χ3v) is 2.54. The molecule has 0 aromatic rings. The van der Waals surface area contributed by atoms with E-state index >= 15 is 0 Å². The van der Waals surface area contributed by atoms with E-state index in [4.69, 9.17) is 4.74 Å². The van der Waals surface area contributed by atoms with Crippen LogP contribution in [0.5, 0.6) is 0 Å². The summed E-state index contributed by atoms with van der Waals surface area (Å²) in [6.45, 7) is 6.08. The number of alkyl halides is 2. The maximum atomic E-state index is 12.5. The lowest BCUT2D eigenvalue weighted by Gasteiger charge is -2.18. The minimum Gasteiger partial charge on any atom is -0.382 e. The van der Waals surface area contributed by atoms with Gasteiger partial charge in [0.1, 0.15) is 0 Å². The fourth-order valence-electron chi connectivity index (χ4n) is 1.05. The van der Waals surface area contributed by atoms with Crippen molar-refractivity contribution in [3.05, 3.63) is 0 Å². The van der Waals surface area contributed by atoms with Crippen molar-refractivity contribution in [2.45, 2.75) is 45.3 Å². The van der Waals surface area contributed by atoms with Crippen LogP contribution in [0.2, 0.25) is 0 Å². The molecule has 0 radical (unpaired) electrons. The standard InChI is InChI=1S/C6H11F2N.C4H10O/c1-5-6(7,8)3-4-9(5)2;1-4(2)5-3/h5H,3-4H2,1-2H3;4H,1-3H3/t5-;/m1./s1. The van der Waals surface area contributed by atoms with Crippen LogP contribution >= 0.6 is 0 Å². The number of rotatable bonds is 1. The number of ether oxygens (including phenoxy) is 1. The summed E-state index contributed by atoms with van der Waals surface area (Å²) in [7, 11) is 3.43. The first kappa shape index (κ1) is 13.8. The number of halogens is 2. The predicted molar refractivity (Wildman–Crippen MR) is 53.8 cm³/mol. The van der Waals surface area contributed by atoms with Crippen LogP contribution in [0.3, 0.4) is 0 Å². The average Bonchev–Trinajstić information content (AvgIpc) is 2.34. The van der Waals surface area contributed by atoms with E-state index < -0.39 is 12.0 Å². The number of likely N-dealkylation sites (tertiary alicyclic amines) is 1. The van der Waals surface area contributed by atoms with E-state index in [0.29, 0.717) is 12.6 Å². The number of nitrogens with zero attached hydrogens (tertiary/aromatic N) is 1. The monoisotopic (exact) mass is 209 g/mol. The summed E-state index contributed by atoms with van der Waals surface area (Å²) in [5.41, 5.74) is 0. The fraction of sp³-hybridized carbons (Fsp3) is 1.00. The Balaban J connectivity index is 0.000000292. The molecule has 1 aliphatic heterocycles. The second-order valence-corrected chi connectivity index (χ2v) is 3.95. The molecule has 0 N–H and O–H groups in total. The number of methoxy groups -OCH3 is 1. The molecular formula is C10H21F2NO. The molecule has 0 bridgehead atoms. The first-order chi connectivity index (χ1) is 6.31. The highest BCUT2D eigenvalue weighted by molar-refractivity contribution is 4.87. The van der Waals surface area contributed by atoms with Crippen LogP contribution < -0.4 is 0 Å². The largest absolute Gasteiger partial charge is 0.382 e. The SMILES string of the molecule is COC(C)C.C[C@H]1N(C)CCC1(F)F. The van der Waals surface area contributed by atoms with E-state index in [2.05, 4.69) is 0 Å². The van der Waals surface area contributed by atoms with Crippen molar-refractivity contribution in [3.63, 3.8) is 0 Å². The molecule has 1 atom stereocenters. The third kappa shape index (κ3) is 4.33. The first-order valence-electron chi connectivity index (χ1n) is 4.92. The second-order valence-electron chi connectivity index (χ2n) is 3.95. The van der Waals surface area contributed by atoms with Gasteiger partial charge in [0, 0.05) is 20.1 Å². The zero-order chi connectivity index (χ0) is 11.4. The van der Waals surface area contributed by atoms with E-state index in [0.717, 1.165) is 0 Å². The molecule has 1 saturated heterocycles. The molecule has 14 heavy (non-hydrogen) atoms. The Morgan fingerprint density at radius 3 is 1.93 bits per heavy atom. The van der Waals surface area contributed by atoms with Gasteiger partial charge in [0.25, 0.3) is 5.92 Å². The fourth-order valence-corrected chi connectivity index (χ4v) is 1.05. The Morgan fingerprint density at radius 2 is 1.86 bits per heavy atom. The number of hydrogen-bond donors (Lipinski definition) is 0. The maximum Gasteiger partial charge on any atom is 0.264 e. The van der Waals surface area contributed by atoms with E-state index in [1.807, 2.05) is 13.8 Å². The van der Waals surface area contributed by atoms with Crippen LogP contribution in [0.25, 0.3) is 0 Å². The molecule has 4 heteroatoms. The molecule has 1 fully saturated rings. The normalized spacial score (nSPS) is 26.1. The zero-order valence-electron chi connectivity index (χ0n) is 9.68. The van der Waals surface area contributed by atoms with Crippen LogP contribution in [0.15, 0.2) is 0 Å². The van der Waals surface area contributed by atoms with Gasteiger partial charge in [0.2, 0.25) is 0 Å². The van der Waals surface area contributed by atoms with Gasteiger partial charge in [-0.1, -0.05) is 0 Å². The first-order valence-corrected chi connectivity index (χ1v) is 4.92. The van der Waals surface area contributed by atoms with Gasteiger partial charge >= 0.3 is 0 Å². The number of hydrogen-bond acceptors (Lipinski definition) is 2. The molecule has 1 aliphatic rings. The van der Waals surface area contributed by atoms with Crippen molar-refractivity contribution in [1.29, 1.82) is 0 Å². The van der Waals surface area contributed by atoms with Crippen molar-refractivity contribution in [1.82, 2.24) is 4.90 Å². The van der Waals surface area contributed by atoms with Crippen LogP contribution in [0, 0.1) is 0 Å². The van der Waals surface area contributed by atoms with Crippen LogP contribution in [0.1, 0.15) is 27.2 Å². The second kappa shape index (κ2) is 5.61. The average molecular weight is 209 g/mol. The summed E-state index contributed by atoms with van der Waals surface area (Å²) in [6, 6.07) is -0.572. The molecule has 2 nitrogen and oxygen atoms in total. The molecule has 0 saturated carbocycles. The summed E-state index contributed by atoms with van der Waals surface area (Å²) in [6.07, 6.45) is 0.403. The molecule has 0 amide bonds. The van der Waals surface area contributed by atoms with Crippen molar-refractivity contribution >= 4 is 0 Å². The summed E-state index contributed by atoms with van der Waals surface area (Å²) in [5.74, 6) is -2.45. The van der Waals surface area contributed by atoms with Gasteiger partial charge in [-0.05, 0) is 27.8 Å². The maximum absolute atomic E-state index is 12.5. The van der Waals surface area contributed by atoms with Crippen molar-refractivity contribution in [2.75, 3.05) is 20.7 Å². The van der Waals surface area contributed by atoms with Gasteiger partial charge in [-0.3, -0.25) is 4.90 Å². The lowest BCUT2D eigenvalue weighted by atomic mass is 10.2. The zero-order valence-corrected chi connectivity index (χ0v) is 9.68. The minimum atomic E-state index is -2.45. The highest BCUT2D eigenvalue weighted by Gasteiger charge is 2.43. The van der Waals surface area contributed by atoms with Crippen LogP contribution in [-0.2, 0) is 4.74 Å². The molecule has 0 aliphatic carbocycles. The van der Waals surface area contributed by atoms with Gasteiger partial charge in [0.15, 0.2) is 0 Å². The van der Waals surface area contributed by atoms with E-state index in [-0.39, 0.29) is 6.42 Å². The topological polar surface area (TPSA) is 12.5 Å². The molecular weight excluding hydrogens is 188 g/mol. The summed E-state index contributed by atoms with van der Waals surface area (Å²) in [4.78, 5) is 1.68. The van der Waals surface area contributed by atoms with E-state index in [1.54, 1.807) is 26.0 Å². The van der Waals surface area contributed by atoms with Gasteiger partial charge in [0.05, 0.1) is 12.1 Å². The Hall–Kier alpha value is -0.220. The van der Waals surface area contributed by atoms with Crippen LogP contribution in [-0.4, -0.2) is 43.7 Å². The van der Waals surface area contributed by atoms with E-state index in [9.17, 15) is 8.78 Å². The molecule has 0 unspecified atom stereocenters. The minimum absolute atomic E-state index is 0.0185. The van der Waals surface area contributed by atoms with Crippen molar-refractivity contribution in [3.8, 4) is 0 Å². The third-order valence-electron chi connectivity index (χ3n) is 2.54. The molecule has 0 spiro atoms. The summed E-state index contributed by atoms with van der Waals surface area (Å²) < 4.78 is 29.8. The van der Waals surface area contributed by atoms with Gasteiger partial charge in [-0.15, -0.1) is 0 Å². The predicted octanol–water partition coefficient (Wildman–Crippen LogP) is 2.39. The highest BCUT2D eigenvalue weighted by Crippen LogP contribution is 2.31.